The number of sulfonamides is 1. The van der Waals surface area contributed by atoms with Crippen LogP contribution in [0.3, 0.4) is 0 Å². The fourth-order valence-corrected chi connectivity index (χ4v) is 4.44. The van der Waals surface area contributed by atoms with Crippen LogP contribution in [-0.2, 0) is 24.2 Å². The summed E-state index contributed by atoms with van der Waals surface area (Å²) in [5, 5.41) is 9.32. The summed E-state index contributed by atoms with van der Waals surface area (Å²) in [4.78, 5) is 13.2. The number of hydrogen-bond donors (Lipinski definition) is 1. The van der Waals surface area contributed by atoms with E-state index in [9.17, 15) is 18.3 Å². The summed E-state index contributed by atoms with van der Waals surface area (Å²) in [7, 11) is -0.751. The fraction of sp³-hybridized carbons (Fsp3) is 0.588. The molecule has 1 N–H and O–H groups in total. The number of hydrogen-bond acceptors (Lipinski definition) is 7. The normalized spacial score (nSPS) is 15.6. The van der Waals surface area contributed by atoms with Crippen LogP contribution in [0.15, 0.2) is 23.1 Å². The molecular weight excluding hydrogens is 376 g/mol. The van der Waals surface area contributed by atoms with Gasteiger partial charge < -0.3 is 24.2 Å². The first-order valence-electron chi connectivity index (χ1n) is 8.60. The number of carboxylic acid groups (broad SMARTS) is 1. The lowest BCUT2D eigenvalue weighted by atomic mass is 10.2. The van der Waals surface area contributed by atoms with E-state index in [1.807, 2.05) is 4.90 Å². The molecule has 9 nitrogen and oxygen atoms in total. The van der Waals surface area contributed by atoms with Crippen molar-refractivity contribution in [3.63, 3.8) is 0 Å². The highest BCUT2D eigenvalue weighted by molar-refractivity contribution is 7.89. The summed E-state index contributed by atoms with van der Waals surface area (Å²) in [6, 6.07) is 4.15. The molecule has 0 saturated carbocycles. The summed E-state index contributed by atoms with van der Waals surface area (Å²) >= 11 is 0. The van der Waals surface area contributed by atoms with E-state index in [0.717, 1.165) is 0 Å². The molecule has 10 heteroatoms. The van der Waals surface area contributed by atoms with E-state index in [2.05, 4.69) is 0 Å². The van der Waals surface area contributed by atoms with Gasteiger partial charge in [-0.2, -0.15) is 4.31 Å². The van der Waals surface area contributed by atoms with Crippen LogP contribution in [-0.4, -0.2) is 90.6 Å². The van der Waals surface area contributed by atoms with Gasteiger partial charge in [-0.3, -0.25) is 0 Å². The second-order valence-electron chi connectivity index (χ2n) is 5.98. The Hall–Kier alpha value is -1.72. The smallest absolute Gasteiger partial charge is 0.335 e. The molecule has 0 atom stereocenters. The topological polar surface area (TPSA) is 106 Å². The molecule has 0 spiro atoms. The molecule has 0 unspecified atom stereocenters. The molecule has 0 amide bonds. The number of aromatic carboxylic acids is 1. The Balaban J connectivity index is 2.50. The molecule has 1 aliphatic rings. The minimum absolute atomic E-state index is 0.0310. The van der Waals surface area contributed by atoms with Gasteiger partial charge in [0, 0.05) is 40.4 Å². The summed E-state index contributed by atoms with van der Waals surface area (Å²) in [5.74, 6) is -1.18. The molecule has 1 aromatic rings. The predicted octanol–water partition coefficient (Wildman–Crippen LogP) is 0.505. The van der Waals surface area contributed by atoms with Crippen LogP contribution in [0.4, 0.5) is 5.69 Å². The molecule has 2 rings (SSSR count). The Labute approximate surface area is 159 Å². The number of methoxy groups -OCH3 is 2. The fourth-order valence-electron chi connectivity index (χ4n) is 2.80. The largest absolute Gasteiger partial charge is 0.478 e. The monoisotopic (exact) mass is 402 g/mol. The van der Waals surface area contributed by atoms with E-state index in [4.69, 9.17) is 14.2 Å². The molecule has 0 bridgehead atoms. The zero-order valence-electron chi connectivity index (χ0n) is 15.6. The first-order chi connectivity index (χ1) is 12.9. The average molecular weight is 402 g/mol. The van der Waals surface area contributed by atoms with Crippen molar-refractivity contribution in [1.82, 2.24) is 4.31 Å². The van der Waals surface area contributed by atoms with Crippen molar-refractivity contribution < 1.29 is 32.5 Å². The second kappa shape index (κ2) is 10.00. The molecule has 1 heterocycles. The molecule has 1 fully saturated rings. The molecule has 0 aromatic heterocycles. The Morgan fingerprint density at radius 2 is 1.78 bits per heavy atom. The van der Waals surface area contributed by atoms with Gasteiger partial charge in [0.05, 0.1) is 37.7 Å². The maximum absolute atomic E-state index is 13.2. The number of ether oxygens (including phenoxy) is 3. The third-order valence-electron chi connectivity index (χ3n) is 4.27. The van der Waals surface area contributed by atoms with E-state index in [1.54, 1.807) is 14.2 Å². The highest BCUT2D eigenvalue weighted by Gasteiger charge is 2.31. The van der Waals surface area contributed by atoms with E-state index in [0.29, 0.717) is 45.2 Å². The van der Waals surface area contributed by atoms with E-state index in [1.165, 1.54) is 22.5 Å². The van der Waals surface area contributed by atoms with E-state index in [-0.39, 0.29) is 23.5 Å². The van der Waals surface area contributed by atoms with E-state index < -0.39 is 16.0 Å². The standard InChI is InChI=1S/C17H26N2O7S/c1-24-9-5-18(6-10-25-2)15-4-3-14(17(20)21)13-16(15)27(22,23)19-7-11-26-12-8-19/h3-4,13H,5-12H2,1-2H3,(H,20,21). The first-order valence-corrected chi connectivity index (χ1v) is 10.0. The van der Waals surface area contributed by atoms with Gasteiger partial charge in [-0.05, 0) is 18.2 Å². The number of nitrogens with zero attached hydrogens (tertiary/aromatic N) is 2. The van der Waals surface area contributed by atoms with Crippen molar-refractivity contribution in [2.75, 3.05) is 71.7 Å². The van der Waals surface area contributed by atoms with Crippen LogP contribution in [0.5, 0.6) is 0 Å². The van der Waals surface area contributed by atoms with Crippen molar-refractivity contribution >= 4 is 21.7 Å². The van der Waals surface area contributed by atoms with Crippen LogP contribution in [0.2, 0.25) is 0 Å². The van der Waals surface area contributed by atoms with Crippen molar-refractivity contribution in [2.24, 2.45) is 0 Å². The van der Waals surface area contributed by atoms with Crippen LogP contribution >= 0.6 is 0 Å². The molecular formula is C17H26N2O7S. The Morgan fingerprint density at radius 1 is 1.19 bits per heavy atom. The maximum atomic E-state index is 13.2. The zero-order valence-corrected chi connectivity index (χ0v) is 16.4. The highest BCUT2D eigenvalue weighted by atomic mass is 32.2. The minimum Gasteiger partial charge on any atom is -0.478 e. The van der Waals surface area contributed by atoms with Gasteiger partial charge in [-0.1, -0.05) is 0 Å². The molecule has 0 aliphatic carbocycles. The van der Waals surface area contributed by atoms with Crippen LogP contribution in [0, 0.1) is 0 Å². The Kier molecular flexibility index (Phi) is 7.99. The number of carbonyl (C=O) groups is 1. The first kappa shape index (κ1) is 21.6. The van der Waals surface area contributed by atoms with Gasteiger partial charge in [-0.15, -0.1) is 0 Å². The van der Waals surface area contributed by atoms with Gasteiger partial charge in [0.25, 0.3) is 0 Å². The molecule has 152 valence electrons. The molecule has 1 saturated heterocycles. The van der Waals surface area contributed by atoms with Crippen LogP contribution in [0.25, 0.3) is 0 Å². The predicted molar refractivity (Wildman–Crippen MR) is 98.9 cm³/mol. The second-order valence-corrected chi connectivity index (χ2v) is 7.88. The van der Waals surface area contributed by atoms with Gasteiger partial charge in [0.1, 0.15) is 4.90 Å². The average Bonchev–Trinajstić information content (AvgIpc) is 2.68. The van der Waals surface area contributed by atoms with Gasteiger partial charge >= 0.3 is 5.97 Å². The number of anilines is 1. The van der Waals surface area contributed by atoms with E-state index >= 15 is 0 Å². The SMILES string of the molecule is COCCN(CCOC)c1ccc(C(=O)O)cc1S(=O)(=O)N1CCOCC1. The van der Waals surface area contributed by atoms with Crippen molar-refractivity contribution in [1.29, 1.82) is 0 Å². The van der Waals surface area contributed by atoms with Crippen molar-refractivity contribution in [3.05, 3.63) is 23.8 Å². The van der Waals surface area contributed by atoms with Crippen molar-refractivity contribution in [3.8, 4) is 0 Å². The third kappa shape index (κ3) is 5.39. The minimum atomic E-state index is -3.88. The molecule has 1 aromatic carbocycles. The zero-order chi connectivity index (χ0) is 19.9. The number of rotatable bonds is 10. The summed E-state index contributed by atoms with van der Waals surface area (Å²) in [6.07, 6.45) is 0. The Bertz CT molecular complexity index is 725. The summed E-state index contributed by atoms with van der Waals surface area (Å²) < 4.78 is 43.3. The lowest BCUT2D eigenvalue weighted by Crippen LogP contribution is -2.41. The number of carboxylic acids is 1. The van der Waals surface area contributed by atoms with Crippen LogP contribution in [0.1, 0.15) is 10.4 Å². The van der Waals surface area contributed by atoms with Crippen LogP contribution < -0.4 is 4.90 Å². The van der Waals surface area contributed by atoms with Gasteiger partial charge in [-0.25, -0.2) is 13.2 Å². The molecule has 27 heavy (non-hydrogen) atoms. The molecule has 1 aliphatic heterocycles. The van der Waals surface area contributed by atoms with Gasteiger partial charge in [0.2, 0.25) is 10.0 Å². The third-order valence-corrected chi connectivity index (χ3v) is 6.19. The summed E-state index contributed by atoms with van der Waals surface area (Å²) in [6.45, 7) is 2.75. The number of morpholine rings is 1. The lowest BCUT2D eigenvalue weighted by Gasteiger charge is -2.30. The lowest BCUT2D eigenvalue weighted by molar-refractivity contribution is 0.0696. The summed E-state index contributed by atoms with van der Waals surface area (Å²) in [5.41, 5.74) is 0.351. The maximum Gasteiger partial charge on any atom is 0.335 e. The highest BCUT2D eigenvalue weighted by Crippen LogP contribution is 2.30. The Morgan fingerprint density at radius 3 is 2.30 bits per heavy atom. The van der Waals surface area contributed by atoms with Gasteiger partial charge in [0.15, 0.2) is 0 Å². The number of benzene rings is 1. The van der Waals surface area contributed by atoms with Crippen molar-refractivity contribution in [2.45, 2.75) is 4.90 Å². The quantitative estimate of drug-likeness (QED) is 0.603. The molecule has 0 radical (unpaired) electrons.